The molecule has 0 amide bonds. The summed E-state index contributed by atoms with van der Waals surface area (Å²) >= 11 is 0. The molecule has 0 aliphatic rings. The number of hydrogen-bond acceptors (Lipinski definition) is 2. The van der Waals surface area contributed by atoms with Crippen LogP contribution in [0.4, 0.5) is 4.39 Å². The zero-order chi connectivity index (χ0) is 12.6. The average molecular weight is 248 g/mol. The number of unbranched alkanes of at least 4 members (excludes halogenated alkanes) is 2. The largest absolute Gasteiger partial charge is 0.491 e. The van der Waals surface area contributed by atoms with E-state index in [-0.39, 0.29) is 5.82 Å². The van der Waals surface area contributed by atoms with Gasteiger partial charge in [-0.3, -0.25) is 0 Å². The summed E-state index contributed by atoms with van der Waals surface area (Å²) in [5.41, 5.74) is 0. The SMILES string of the molecule is Fc1ccccc1OCCCCCn1ccnc1. The predicted molar refractivity (Wildman–Crippen MR) is 68.0 cm³/mol. The topological polar surface area (TPSA) is 27.1 Å². The lowest BCUT2D eigenvalue weighted by atomic mass is 10.2. The molecular formula is C14H17FN2O. The van der Waals surface area contributed by atoms with Gasteiger partial charge in [0.05, 0.1) is 12.9 Å². The second kappa shape index (κ2) is 6.79. The molecule has 0 unspecified atom stereocenters. The van der Waals surface area contributed by atoms with Crippen molar-refractivity contribution in [2.75, 3.05) is 6.61 Å². The molecule has 96 valence electrons. The molecule has 2 aromatic rings. The minimum absolute atomic E-state index is 0.295. The highest BCUT2D eigenvalue weighted by Crippen LogP contribution is 2.15. The molecule has 0 saturated heterocycles. The third-order valence-corrected chi connectivity index (χ3v) is 2.71. The highest BCUT2D eigenvalue weighted by Gasteiger charge is 2.00. The van der Waals surface area contributed by atoms with Crippen molar-refractivity contribution in [1.29, 1.82) is 0 Å². The monoisotopic (exact) mass is 248 g/mol. The zero-order valence-corrected chi connectivity index (χ0v) is 10.3. The van der Waals surface area contributed by atoms with Crippen LogP contribution in [-0.2, 0) is 6.54 Å². The summed E-state index contributed by atoms with van der Waals surface area (Å²) in [6.45, 7) is 1.53. The Hall–Kier alpha value is -1.84. The van der Waals surface area contributed by atoms with Gasteiger partial charge in [-0.1, -0.05) is 12.1 Å². The number of nitrogens with zero attached hydrogens (tertiary/aromatic N) is 2. The van der Waals surface area contributed by atoms with Crippen LogP contribution >= 0.6 is 0 Å². The maximum Gasteiger partial charge on any atom is 0.165 e. The lowest BCUT2D eigenvalue weighted by Crippen LogP contribution is -2.00. The number of aromatic nitrogens is 2. The fourth-order valence-corrected chi connectivity index (χ4v) is 1.74. The molecule has 0 bridgehead atoms. The van der Waals surface area contributed by atoms with Gasteiger partial charge in [-0.15, -0.1) is 0 Å². The molecule has 0 atom stereocenters. The van der Waals surface area contributed by atoms with Crippen molar-refractivity contribution in [3.63, 3.8) is 0 Å². The average Bonchev–Trinajstić information content (AvgIpc) is 2.89. The van der Waals surface area contributed by atoms with E-state index >= 15 is 0 Å². The molecule has 0 radical (unpaired) electrons. The van der Waals surface area contributed by atoms with Crippen molar-refractivity contribution in [2.45, 2.75) is 25.8 Å². The van der Waals surface area contributed by atoms with Gasteiger partial charge in [0, 0.05) is 18.9 Å². The molecule has 0 saturated carbocycles. The molecule has 1 aromatic heterocycles. The van der Waals surface area contributed by atoms with E-state index in [0.29, 0.717) is 12.4 Å². The van der Waals surface area contributed by atoms with Crippen LogP contribution in [0.2, 0.25) is 0 Å². The Balaban J connectivity index is 1.58. The van der Waals surface area contributed by atoms with Crippen LogP contribution in [0.1, 0.15) is 19.3 Å². The van der Waals surface area contributed by atoms with Gasteiger partial charge in [0.2, 0.25) is 0 Å². The maximum atomic E-state index is 13.2. The van der Waals surface area contributed by atoms with E-state index in [4.69, 9.17) is 4.74 Å². The van der Waals surface area contributed by atoms with Gasteiger partial charge in [0.25, 0.3) is 0 Å². The Morgan fingerprint density at radius 1 is 1.17 bits per heavy atom. The minimum Gasteiger partial charge on any atom is -0.491 e. The molecule has 3 nitrogen and oxygen atoms in total. The molecule has 1 heterocycles. The molecule has 4 heteroatoms. The van der Waals surface area contributed by atoms with Crippen molar-refractivity contribution in [2.24, 2.45) is 0 Å². The van der Waals surface area contributed by atoms with Gasteiger partial charge in [-0.25, -0.2) is 9.37 Å². The van der Waals surface area contributed by atoms with Gasteiger partial charge in [0.1, 0.15) is 0 Å². The highest BCUT2D eigenvalue weighted by molar-refractivity contribution is 5.23. The fourth-order valence-electron chi connectivity index (χ4n) is 1.74. The number of rotatable bonds is 7. The highest BCUT2D eigenvalue weighted by atomic mass is 19.1. The summed E-state index contributed by atoms with van der Waals surface area (Å²) < 4.78 is 20.6. The van der Waals surface area contributed by atoms with Crippen LogP contribution in [0.5, 0.6) is 5.75 Å². The molecule has 0 fully saturated rings. The first-order chi connectivity index (χ1) is 8.86. The lowest BCUT2D eigenvalue weighted by Gasteiger charge is -2.07. The van der Waals surface area contributed by atoms with Crippen molar-refractivity contribution in [1.82, 2.24) is 9.55 Å². The summed E-state index contributed by atoms with van der Waals surface area (Å²) in [5.74, 6) is 0.0445. The molecule has 0 aliphatic carbocycles. The van der Waals surface area contributed by atoms with Crippen LogP contribution < -0.4 is 4.74 Å². The Kier molecular flexibility index (Phi) is 4.76. The predicted octanol–water partition coefficient (Wildman–Crippen LogP) is 3.27. The summed E-state index contributed by atoms with van der Waals surface area (Å²) in [6.07, 6.45) is 8.62. The maximum absolute atomic E-state index is 13.2. The van der Waals surface area contributed by atoms with Crippen LogP contribution in [0.3, 0.4) is 0 Å². The van der Waals surface area contributed by atoms with Gasteiger partial charge in [-0.2, -0.15) is 0 Å². The summed E-state index contributed by atoms with van der Waals surface area (Å²) in [5, 5.41) is 0. The van der Waals surface area contributed by atoms with Gasteiger partial charge >= 0.3 is 0 Å². The molecule has 1 aromatic carbocycles. The van der Waals surface area contributed by atoms with E-state index < -0.39 is 0 Å². The first kappa shape index (κ1) is 12.6. The van der Waals surface area contributed by atoms with E-state index in [0.717, 1.165) is 25.8 Å². The molecule has 0 spiro atoms. The molecular weight excluding hydrogens is 231 g/mol. The minimum atomic E-state index is -0.295. The molecule has 0 aliphatic heterocycles. The van der Waals surface area contributed by atoms with Crippen LogP contribution in [0, 0.1) is 5.82 Å². The van der Waals surface area contributed by atoms with E-state index in [1.807, 2.05) is 12.5 Å². The first-order valence-corrected chi connectivity index (χ1v) is 6.19. The van der Waals surface area contributed by atoms with Crippen molar-refractivity contribution in [3.8, 4) is 5.75 Å². The number of halogens is 1. The summed E-state index contributed by atoms with van der Waals surface area (Å²) in [6, 6.07) is 6.50. The Morgan fingerprint density at radius 2 is 2.06 bits per heavy atom. The summed E-state index contributed by atoms with van der Waals surface area (Å²) in [4.78, 5) is 3.98. The molecule has 2 rings (SSSR count). The Morgan fingerprint density at radius 3 is 2.83 bits per heavy atom. The number of ether oxygens (including phenoxy) is 1. The van der Waals surface area contributed by atoms with Crippen molar-refractivity contribution < 1.29 is 9.13 Å². The van der Waals surface area contributed by atoms with Crippen LogP contribution in [-0.4, -0.2) is 16.2 Å². The molecule has 18 heavy (non-hydrogen) atoms. The Labute approximate surface area is 106 Å². The zero-order valence-electron chi connectivity index (χ0n) is 10.3. The standard InChI is InChI=1S/C14H17FN2O/c15-13-6-2-3-7-14(13)18-11-5-1-4-9-17-10-8-16-12-17/h2-3,6-8,10,12H,1,4-5,9,11H2. The van der Waals surface area contributed by atoms with Crippen LogP contribution in [0.25, 0.3) is 0 Å². The van der Waals surface area contributed by atoms with Gasteiger partial charge < -0.3 is 9.30 Å². The van der Waals surface area contributed by atoms with E-state index in [2.05, 4.69) is 9.55 Å². The second-order valence-electron chi connectivity index (χ2n) is 4.14. The number of para-hydroxylation sites is 1. The lowest BCUT2D eigenvalue weighted by molar-refractivity contribution is 0.289. The second-order valence-corrected chi connectivity index (χ2v) is 4.14. The van der Waals surface area contributed by atoms with Crippen LogP contribution in [0.15, 0.2) is 43.0 Å². The summed E-state index contributed by atoms with van der Waals surface area (Å²) in [7, 11) is 0. The van der Waals surface area contributed by atoms with Crippen molar-refractivity contribution in [3.05, 3.63) is 48.8 Å². The smallest absolute Gasteiger partial charge is 0.165 e. The number of hydrogen-bond donors (Lipinski definition) is 0. The third kappa shape index (κ3) is 3.87. The number of imidazole rings is 1. The van der Waals surface area contributed by atoms with E-state index in [1.54, 1.807) is 24.4 Å². The number of benzene rings is 1. The van der Waals surface area contributed by atoms with E-state index in [1.165, 1.54) is 6.07 Å². The Bertz CT molecular complexity index is 457. The quantitative estimate of drug-likeness (QED) is 0.703. The third-order valence-electron chi connectivity index (χ3n) is 2.71. The van der Waals surface area contributed by atoms with Gasteiger partial charge in [-0.05, 0) is 31.4 Å². The van der Waals surface area contributed by atoms with E-state index in [9.17, 15) is 4.39 Å². The van der Waals surface area contributed by atoms with Crippen molar-refractivity contribution >= 4 is 0 Å². The normalized spacial score (nSPS) is 10.5. The van der Waals surface area contributed by atoms with Gasteiger partial charge in [0.15, 0.2) is 11.6 Å². The first-order valence-electron chi connectivity index (χ1n) is 6.19. The number of aryl methyl sites for hydroxylation is 1. The molecule has 0 N–H and O–H groups in total. The fraction of sp³-hybridized carbons (Fsp3) is 0.357.